The molecule has 122 valence electrons. The van der Waals surface area contributed by atoms with Gasteiger partial charge < -0.3 is 10.1 Å². The van der Waals surface area contributed by atoms with E-state index in [0.29, 0.717) is 0 Å². The number of carbonyl (C=O) groups is 1. The summed E-state index contributed by atoms with van der Waals surface area (Å²) < 4.78 is 5.20. The van der Waals surface area contributed by atoms with Crippen molar-refractivity contribution in [3.63, 3.8) is 0 Å². The molecule has 3 aromatic rings. The molecule has 0 spiro atoms. The Kier molecular flexibility index (Phi) is 3.90. The summed E-state index contributed by atoms with van der Waals surface area (Å²) in [7, 11) is 1.62. The van der Waals surface area contributed by atoms with Crippen molar-refractivity contribution in [1.82, 2.24) is 0 Å². The smallest absolute Gasteiger partial charge is 0.265 e. The summed E-state index contributed by atoms with van der Waals surface area (Å²) in [5, 5.41) is 2.97. The Bertz CT molecular complexity index is 923. The number of nitrogens with one attached hydrogen (secondary N) is 1. The summed E-state index contributed by atoms with van der Waals surface area (Å²) in [6, 6.07) is 11.7. The minimum atomic E-state index is -0.0591. The van der Waals surface area contributed by atoms with Crippen LogP contribution in [0.25, 0.3) is 10.4 Å². The maximum atomic E-state index is 12.6. The lowest BCUT2D eigenvalue weighted by molar-refractivity contribution is 0.103. The highest BCUT2D eigenvalue weighted by atomic mass is 32.1. The average Bonchev–Trinajstić information content (AvgIpc) is 3.17. The van der Waals surface area contributed by atoms with Gasteiger partial charge in [-0.05, 0) is 49.6 Å². The Morgan fingerprint density at radius 1 is 1.17 bits per heavy atom. The van der Waals surface area contributed by atoms with Crippen molar-refractivity contribution in [2.24, 2.45) is 0 Å². The lowest BCUT2D eigenvalue weighted by atomic mass is 9.98. The number of fused-ring (bicyclic) bond motifs is 3. The van der Waals surface area contributed by atoms with Crippen LogP contribution in [0.15, 0.2) is 36.4 Å². The van der Waals surface area contributed by atoms with Gasteiger partial charge in [0.25, 0.3) is 5.91 Å². The molecule has 0 unspecified atom stereocenters. The van der Waals surface area contributed by atoms with Gasteiger partial charge in [0.05, 0.1) is 12.0 Å². The number of benzene rings is 1. The van der Waals surface area contributed by atoms with Crippen LogP contribution in [0.3, 0.4) is 0 Å². The molecule has 0 fully saturated rings. The predicted molar refractivity (Wildman–Crippen MR) is 101 cm³/mol. The second-order valence-electron chi connectivity index (χ2n) is 5.84. The zero-order valence-corrected chi connectivity index (χ0v) is 15.1. The first-order valence-electron chi connectivity index (χ1n) is 7.82. The highest BCUT2D eigenvalue weighted by molar-refractivity contribution is 7.18. The van der Waals surface area contributed by atoms with E-state index in [9.17, 15) is 4.79 Å². The molecule has 1 aliphatic rings. The SMILES string of the molecule is COc1cccc(NC(=O)c2cc3c(s2)-c2cc(C)sc2CC3)c1. The van der Waals surface area contributed by atoms with Gasteiger partial charge >= 0.3 is 0 Å². The third-order valence-electron chi connectivity index (χ3n) is 4.16. The Morgan fingerprint density at radius 2 is 2.04 bits per heavy atom. The summed E-state index contributed by atoms with van der Waals surface area (Å²) in [6.45, 7) is 2.15. The van der Waals surface area contributed by atoms with Crippen LogP contribution in [0.2, 0.25) is 0 Å². The molecule has 2 aromatic heterocycles. The van der Waals surface area contributed by atoms with E-state index in [1.807, 2.05) is 41.7 Å². The standard InChI is InChI=1S/C19H17NO2S2/c1-11-8-15-16(23-11)7-6-12-9-17(24-18(12)15)19(21)20-13-4-3-5-14(10-13)22-2/h3-5,8-10H,6-7H2,1-2H3,(H,20,21). The van der Waals surface area contributed by atoms with Gasteiger partial charge in [-0.3, -0.25) is 4.79 Å². The number of anilines is 1. The number of carbonyl (C=O) groups excluding carboxylic acids is 1. The van der Waals surface area contributed by atoms with Crippen LogP contribution in [0.1, 0.15) is 25.0 Å². The van der Waals surface area contributed by atoms with Crippen molar-refractivity contribution in [1.29, 1.82) is 0 Å². The van der Waals surface area contributed by atoms with E-state index in [4.69, 9.17) is 4.74 Å². The fraction of sp³-hybridized carbons (Fsp3) is 0.211. The number of amides is 1. The van der Waals surface area contributed by atoms with Crippen LogP contribution >= 0.6 is 22.7 Å². The number of aryl methyl sites for hydroxylation is 3. The maximum absolute atomic E-state index is 12.6. The van der Waals surface area contributed by atoms with Gasteiger partial charge in [-0.15, -0.1) is 22.7 Å². The van der Waals surface area contributed by atoms with E-state index >= 15 is 0 Å². The first-order valence-corrected chi connectivity index (χ1v) is 9.45. The average molecular weight is 355 g/mol. The highest BCUT2D eigenvalue weighted by Gasteiger charge is 2.23. The first-order chi connectivity index (χ1) is 11.6. The van der Waals surface area contributed by atoms with Gasteiger partial charge in [-0.2, -0.15) is 0 Å². The minimum absolute atomic E-state index is 0.0591. The van der Waals surface area contributed by atoms with Crippen LogP contribution in [-0.2, 0) is 12.8 Å². The van der Waals surface area contributed by atoms with Crippen molar-refractivity contribution in [3.05, 3.63) is 56.6 Å². The Hall–Kier alpha value is -2.11. The molecule has 0 saturated carbocycles. The quantitative estimate of drug-likeness (QED) is 0.706. The van der Waals surface area contributed by atoms with Gasteiger partial charge in [0, 0.05) is 31.9 Å². The lowest BCUT2D eigenvalue weighted by Gasteiger charge is -2.10. The predicted octanol–water partition coefficient (Wildman–Crippen LogP) is 5.14. The zero-order valence-electron chi connectivity index (χ0n) is 13.5. The fourth-order valence-corrected chi connectivity index (χ4v) is 5.29. The van der Waals surface area contributed by atoms with Crippen LogP contribution in [0.4, 0.5) is 5.69 Å². The van der Waals surface area contributed by atoms with E-state index in [1.165, 1.54) is 25.8 Å². The number of thiophene rings is 2. The number of rotatable bonds is 3. The Morgan fingerprint density at radius 3 is 2.88 bits per heavy atom. The van der Waals surface area contributed by atoms with Crippen LogP contribution in [-0.4, -0.2) is 13.0 Å². The molecule has 1 aromatic carbocycles. The van der Waals surface area contributed by atoms with E-state index in [0.717, 1.165) is 29.2 Å². The molecule has 1 amide bonds. The lowest BCUT2D eigenvalue weighted by Crippen LogP contribution is -2.10. The molecular formula is C19H17NO2S2. The minimum Gasteiger partial charge on any atom is -0.497 e. The van der Waals surface area contributed by atoms with Crippen molar-refractivity contribution in [2.75, 3.05) is 12.4 Å². The van der Waals surface area contributed by atoms with Crippen LogP contribution in [0, 0.1) is 6.92 Å². The van der Waals surface area contributed by atoms with E-state index < -0.39 is 0 Å². The number of hydrogen-bond donors (Lipinski definition) is 1. The summed E-state index contributed by atoms with van der Waals surface area (Å²) in [4.78, 5) is 17.4. The zero-order chi connectivity index (χ0) is 16.7. The van der Waals surface area contributed by atoms with E-state index in [2.05, 4.69) is 18.3 Å². The van der Waals surface area contributed by atoms with Crippen molar-refractivity contribution in [2.45, 2.75) is 19.8 Å². The highest BCUT2D eigenvalue weighted by Crippen LogP contribution is 2.43. The molecule has 0 saturated heterocycles. The molecule has 3 nitrogen and oxygen atoms in total. The van der Waals surface area contributed by atoms with E-state index in [-0.39, 0.29) is 5.91 Å². The second kappa shape index (κ2) is 6.07. The molecule has 2 heterocycles. The van der Waals surface area contributed by atoms with Crippen molar-refractivity contribution < 1.29 is 9.53 Å². The van der Waals surface area contributed by atoms with Crippen molar-refractivity contribution >= 4 is 34.3 Å². The third kappa shape index (κ3) is 2.74. The van der Waals surface area contributed by atoms with Gasteiger partial charge in [-0.1, -0.05) is 6.07 Å². The Labute approximate surface area is 148 Å². The molecule has 1 N–H and O–H groups in total. The van der Waals surface area contributed by atoms with Gasteiger partial charge in [0.2, 0.25) is 0 Å². The molecular weight excluding hydrogens is 338 g/mol. The molecule has 1 aliphatic carbocycles. The van der Waals surface area contributed by atoms with Crippen molar-refractivity contribution in [3.8, 4) is 16.2 Å². The monoisotopic (exact) mass is 355 g/mol. The van der Waals surface area contributed by atoms with Gasteiger partial charge in [0.1, 0.15) is 5.75 Å². The summed E-state index contributed by atoms with van der Waals surface area (Å²) in [5.74, 6) is 0.674. The van der Waals surface area contributed by atoms with Crippen LogP contribution in [0.5, 0.6) is 5.75 Å². The Balaban J connectivity index is 1.62. The summed E-state index contributed by atoms with van der Waals surface area (Å²) >= 11 is 3.46. The molecule has 24 heavy (non-hydrogen) atoms. The molecule has 5 heteroatoms. The topological polar surface area (TPSA) is 38.3 Å². The summed E-state index contributed by atoms with van der Waals surface area (Å²) in [5.41, 5.74) is 3.36. The second-order valence-corrected chi connectivity index (χ2v) is 8.24. The third-order valence-corrected chi connectivity index (χ3v) is 6.48. The fourth-order valence-electron chi connectivity index (χ4n) is 3.04. The van der Waals surface area contributed by atoms with Crippen LogP contribution < -0.4 is 10.1 Å². The maximum Gasteiger partial charge on any atom is 0.265 e. The number of methoxy groups -OCH3 is 1. The first kappa shape index (κ1) is 15.4. The number of ether oxygens (including phenoxy) is 1. The largest absolute Gasteiger partial charge is 0.497 e. The molecule has 0 radical (unpaired) electrons. The number of hydrogen-bond acceptors (Lipinski definition) is 4. The molecule has 4 rings (SSSR count). The van der Waals surface area contributed by atoms with Gasteiger partial charge in [0.15, 0.2) is 0 Å². The molecule has 0 aliphatic heterocycles. The summed E-state index contributed by atoms with van der Waals surface area (Å²) in [6.07, 6.45) is 2.10. The van der Waals surface area contributed by atoms with Gasteiger partial charge in [-0.25, -0.2) is 0 Å². The van der Waals surface area contributed by atoms with E-state index in [1.54, 1.807) is 18.4 Å². The molecule has 0 bridgehead atoms. The molecule has 0 atom stereocenters. The normalized spacial score (nSPS) is 12.4.